The number of pyridine rings is 1. The van der Waals surface area contributed by atoms with Crippen LogP contribution in [0.3, 0.4) is 0 Å². The van der Waals surface area contributed by atoms with Crippen LogP contribution in [-0.4, -0.2) is 77.3 Å². The topological polar surface area (TPSA) is 95.0 Å². The molecular weight excluding hydrogens is 408 g/mol. The second kappa shape index (κ2) is 10.8. The molecule has 0 unspecified atom stereocenters. The zero-order valence-electron chi connectivity index (χ0n) is 19.6. The van der Waals surface area contributed by atoms with Gasteiger partial charge < -0.3 is 25.0 Å². The Labute approximate surface area is 190 Å². The Morgan fingerprint density at radius 2 is 2.25 bits per heavy atom. The fourth-order valence-electron chi connectivity index (χ4n) is 4.15. The molecule has 3 amide bonds. The second-order valence-electron chi connectivity index (χ2n) is 8.93. The van der Waals surface area contributed by atoms with Crippen molar-refractivity contribution in [1.82, 2.24) is 20.1 Å². The quantitative estimate of drug-likeness (QED) is 0.674. The Bertz CT molecular complexity index is 856. The summed E-state index contributed by atoms with van der Waals surface area (Å²) in [7, 11) is 1.74. The molecule has 176 valence electrons. The van der Waals surface area contributed by atoms with E-state index in [1.165, 1.54) is 5.57 Å². The van der Waals surface area contributed by atoms with Crippen molar-refractivity contribution < 1.29 is 19.4 Å². The van der Waals surface area contributed by atoms with Crippen molar-refractivity contribution in [2.45, 2.75) is 58.6 Å². The summed E-state index contributed by atoms with van der Waals surface area (Å²) in [5, 5.41) is 12.7. The number of aromatic nitrogens is 1. The molecule has 8 nitrogen and oxygen atoms in total. The lowest BCUT2D eigenvalue weighted by Gasteiger charge is -2.37. The Kier molecular flexibility index (Phi) is 8.12. The summed E-state index contributed by atoms with van der Waals surface area (Å²) in [6.45, 7) is 7.10. The van der Waals surface area contributed by atoms with Crippen LogP contribution in [0.1, 0.15) is 62.4 Å². The summed E-state index contributed by atoms with van der Waals surface area (Å²) in [6.07, 6.45) is 7.60. The highest BCUT2D eigenvalue weighted by Crippen LogP contribution is 2.32. The third kappa shape index (κ3) is 5.41. The van der Waals surface area contributed by atoms with Crippen molar-refractivity contribution in [1.29, 1.82) is 0 Å². The summed E-state index contributed by atoms with van der Waals surface area (Å²) in [4.78, 5) is 33.7. The number of hydrogen-bond acceptors (Lipinski definition) is 5. The molecule has 0 saturated heterocycles. The fraction of sp³-hybridized carbons (Fsp3) is 0.625. The van der Waals surface area contributed by atoms with E-state index >= 15 is 0 Å². The van der Waals surface area contributed by atoms with Crippen LogP contribution < -0.4 is 10.1 Å². The van der Waals surface area contributed by atoms with E-state index in [4.69, 9.17) is 4.74 Å². The number of allylic oxidation sites excluding steroid dienone is 2. The molecule has 0 spiro atoms. The average Bonchev–Trinajstić information content (AvgIpc) is 3.33. The third-order valence-electron chi connectivity index (χ3n) is 6.26. The molecule has 1 aliphatic heterocycles. The number of carbonyl (C=O) groups excluding carboxylic acids is 2. The molecule has 1 aliphatic carbocycles. The molecule has 3 atom stereocenters. The molecule has 0 aromatic carbocycles. The van der Waals surface area contributed by atoms with Gasteiger partial charge in [0.1, 0.15) is 11.7 Å². The minimum Gasteiger partial charge on any atom is -0.472 e. The minimum absolute atomic E-state index is 0.0680. The van der Waals surface area contributed by atoms with Crippen LogP contribution >= 0.6 is 0 Å². The van der Waals surface area contributed by atoms with Crippen LogP contribution in [0.2, 0.25) is 0 Å². The SMILES string of the molecule is CCCNC(=O)N(C)C[C@H]1Oc2ncc(C3=CCCC3)cc2C(=O)N([C@@H](C)CO)C[C@@H]1C. The number of aliphatic hydroxyl groups is 1. The molecule has 8 heteroatoms. The van der Waals surface area contributed by atoms with Gasteiger partial charge in [-0.1, -0.05) is 19.9 Å². The third-order valence-corrected chi connectivity index (χ3v) is 6.26. The maximum Gasteiger partial charge on any atom is 0.317 e. The van der Waals surface area contributed by atoms with Gasteiger partial charge in [-0.15, -0.1) is 0 Å². The Morgan fingerprint density at radius 3 is 2.91 bits per heavy atom. The van der Waals surface area contributed by atoms with Gasteiger partial charge in [-0.3, -0.25) is 4.79 Å². The smallest absolute Gasteiger partial charge is 0.317 e. The number of aliphatic hydroxyl groups excluding tert-OH is 1. The number of carbonyl (C=O) groups is 2. The van der Waals surface area contributed by atoms with E-state index in [-0.39, 0.29) is 42.5 Å². The number of nitrogens with zero attached hydrogens (tertiary/aromatic N) is 3. The number of fused-ring (bicyclic) bond motifs is 1. The van der Waals surface area contributed by atoms with Crippen LogP contribution in [0.5, 0.6) is 5.88 Å². The van der Waals surface area contributed by atoms with Crippen molar-refractivity contribution in [2.75, 3.05) is 33.3 Å². The lowest BCUT2D eigenvalue weighted by molar-refractivity contribution is 0.0352. The number of rotatable bonds is 7. The van der Waals surface area contributed by atoms with Crippen LogP contribution in [0.4, 0.5) is 4.79 Å². The van der Waals surface area contributed by atoms with E-state index in [9.17, 15) is 14.7 Å². The highest BCUT2D eigenvalue weighted by Gasteiger charge is 2.34. The predicted octanol–water partition coefficient (Wildman–Crippen LogP) is 2.92. The monoisotopic (exact) mass is 444 g/mol. The number of likely N-dealkylation sites (N-methyl/N-ethyl adjacent to an activating group) is 1. The summed E-state index contributed by atoms with van der Waals surface area (Å²) >= 11 is 0. The van der Waals surface area contributed by atoms with E-state index in [0.717, 1.165) is 31.2 Å². The molecule has 0 radical (unpaired) electrons. The first-order chi connectivity index (χ1) is 15.3. The maximum atomic E-state index is 13.5. The molecule has 32 heavy (non-hydrogen) atoms. The van der Waals surface area contributed by atoms with E-state index in [1.54, 1.807) is 23.0 Å². The molecule has 0 saturated carbocycles. The molecule has 2 N–H and O–H groups in total. The van der Waals surface area contributed by atoms with Crippen molar-refractivity contribution in [3.05, 3.63) is 29.5 Å². The van der Waals surface area contributed by atoms with Gasteiger partial charge in [0.25, 0.3) is 5.91 Å². The van der Waals surface area contributed by atoms with Gasteiger partial charge in [-0.2, -0.15) is 0 Å². The Morgan fingerprint density at radius 1 is 1.47 bits per heavy atom. The highest BCUT2D eigenvalue weighted by atomic mass is 16.5. The first-order valence-corrected chi connectivity index (χ1v) is 11.6. The first kappa shape index (κ1) is 24.0. The van der Waals surface area contributed by atoms with E-state index in [0.29, 0.717) is 25.2 Å². The Balaban J connectivity index is 1.92. The van der Waals surface area contributed by atoms with Crippen LogP contribution in [0, 0.1) is 5.92 Å². The zero-order chi connectivity index (χ0) is 23.3. The molecular formula is C24H36N4O4. The summed E-state index contributed by atoms with van der Waals surface area (Å²) in [5.74, 6) is 0.0294. The van der Waals surface area contributed by atoms with Crippen molar-refractivity contribution >= 4 is 17.5 Å². The van der Waals surface area contributed by atoms with Gasteiger partial charge in [0.2, 0.25) is 5.88 Å². The summed E-state index contributed by atoms with van der Waals surface area (Å²) in [5.41, 5.74) is 2.55. The first-order valence-electron chi connectivity index (χ1n) is 11.6. The lowest BCUT2D eigenvalue weighted by Crippen LogP contribution is -2.51. The largest absolute Gasteiger partial charge is 0.472 e. The van der Waals surface area contributed by atoms with Gasteiger partial charge in [0.05, 0.1) is 19.2 Å². The fourth-order valence-corrected chi connectivity index (χ4v) is 4.15. The Hall–Kier alpha value is -2.61. The molecule has 1 aromatic heterocycles. The maximum absolute atomic E-state index is 13.5. The standard InChI is InChI=1S/C24H36N4O4/c1-5-10-25-24(31)27(4)14-21-16(2)13-28(17(3)15-29)23(30)20-11-19(12-26-22(20)32-21)18-8-6-7-9-18/h8,11-12,16-17,21,29H,5-7,9-10,13-15H2,1-4H3,(H,25,31)/t16-,17-,21+/m0/s1. The van der Waals surface area contributed by atoms with Gasteiger partial charge in [0, 0.05) is 32.3 Å². The van der Waals surface area contributed by atoms with Gasteiger partial charge in [-0.05, 0) is 49.8 Å². The molecule has 3 rings (SSSR count). The van der Waals surface area contributed by atoms with Gasteiger partial charge in [0.15, 0.2) is 0 Å². The number of amides is 3. The molecule has 2 heterocycles. The lowest BCUT2D eigenvalue weighted by atomic mass is 9.99. The molecule has 0 fully saturated rings. The van der Waals surface area contributed by atoms with E-state index in [1.807, 2.05) is 26.8 Å². The van der Waals surface area contributed by atoms with E-state index < -0.39 is 0 Å². The predicted molar refractivity (Wildman–Crippen MR) is 124 cm³/mol. The van der Waals surface area contributed by atoms with E-state index in [2.05, 4.69) is 16.4 Å². The van der Waals surface area contributed by atoms with Gasteiger partial charge in [-0.25, -0.2) is 9.78 Å². The number of ether oxygens (including phenoxy) is 1. The number of urea groups is 1. The molecule has 0 bridgehead atoms. The van der Waals surface area contributed by atoms with Crippen molar-refractivity contribution in [2.24, 2.45) is 5.92 Å². The van der Waals surface area contributed by atoms with Gasteiger partial charge >= 0.3 is 6.03 Å². The number of nitrogens with one attached hydrogen (secondary N) is 1. The normalized spacial score (nSPS) is 21.7. The molecule has 1 aromatic rings. The number of hydrogen-bond donors (Lipinski definition) is 2. The van der Waals surface area contributed by atoms with Crippen molar-refractivity contribution in [3.8, 4) is 5.88 Å². The highest BCUT2D eigenvalue weighted by molar-refractivity contribution is 5.97. The molecule has 2 aliphatic rings. The summed E-state index contributed by atoms with van der Waals surface area (Å²) in [6, 6.07) is 1.37. The summed E-state index contributed by atoms with van der Waals surface area (Å²) < 4.78 is 6.26. The minimum atomic E-state index is -0.350. The zero-order valence-corrected chi connectivity index (χ0v) is 19.6. The van der Waals surface area contributed by atoms with Crippen LogP contribution in [0.25, 0.3) is 5.57 Å². The van der Waals surface area contributed by atoms with Crippen LogP contribution in [-0.2, 0) is 0 Å². The second-order valence-corrected chi connectivity index (χ2v) is 8.93. The van der Waals surface area contributed by atoms with Crippen LogP contribution in [0.15, 0.2) is 18.3 Å². The average molecular weight is 445 g/mol. The van der Waals surface area contributed by atoms with Crippen molar-refractivity contribution in [3.63, 3.8) is 0 Å².